The summed E-state index contributed by atoms with van der Waals surface area (Å²) < 4.78 is 5.92. The van der Waals surface area contributed by atoms with Crippen LogP contribution in [0.25, 0.3) is 11.0 Å². The zero-order chi connectivity index (χ0) is 16.3. The van der Waals surface area contributed by atoms with Crippen molar-refractivity contribution in [1.29, 1.82) is 0 Å². The van der Waals surface area contributed by atoms with Gasteiger partial charge in [0.25, 0.3) is 0 Å². The van der Waals surface area contributed by atoms with Crippen molar-refractivity contribution in [2.24, 2.45) is 11.7 Å². The quantitative estimate of drug-likeness (QED) is 0.884. The highest BCUT2D eigenvalue weighted by atomic mass is 16.3. The summed E-state index contributed by atoms with van der Waals surface area (Å²) in [7, 11) is 0. The van der Waals surface area contributed by atoms with E-state index >= 15 is 0 Å². The van der Waals surface area contributed by atoms with E-state index in [0.29, 0.717) is 6.54 Å². The molecule has 0 aliphatic rings. The van der Waals surface area contributed by atoms with Gasteiger partial charge in [-0.15, -0.1) is 0 Å². The first-order valence-corrected chi connectivity index (χ1v) is 8.00. The second-order valence-corrected chi connectivity index (χ2v) is 6.04. The Morgan fingerprint density at radius 2 is 1.95 bits per heavy atom. The maximum atomic E-state index is 12.7. The minimum absolute atomic E-state index is 0.0878. The molecule has 1 amide bonds. The molecule has 0 radical (unpaired) electrons. The van der Waals surface area contributed by atoms with Crippen LogP contribution >= 0.6 is 0 Å². The van der Waals surface area contributed by atoms with Crippen LogP contribution in [0.4, 0.5) is 0 Å². The first-order chi connectivity index (χ1) is 10.5. The fraction of sp³-hybridized carbons (Fsp3) is 0.500. The fourth-order valence-electron chi connectivity index (χ4n) is 2.58. The Morgan fingerprint density at radius 1 is 1.27 bits per heavy atom. The Balaban J connectivity index is 2.28. The zero-order valence-corrected chi connectivity index (χ0v) is 13.9. The molecule has 22 heavy (non-hydrogen) atoms. The number of hydrogen-bond acceptors (Lipinski definition) is 3. The Labute approximate surface area is 132 Å². The van der Waals surface area contributed by atoms with Crippen molar-refractivity contribution in [3.63, 3.8) is 0 Å². The number of hydrogen-bond donors (Lipinski definition) is 1. The van der Waals surface area contributed by atoms with Crippen LogP contribution < -0.4 is 5.73 Å². The summed E-state index contributed by atoms with van der Waals surface area (Å²) >= 11 is 0. The van der Waals surface area contributed by atoms with Crippen LogP contribution in [-0.2, 0) is 4.79 Å². The van der Waals surface area contributed by atoms with E-state index in [-0.39, 0.29) is 23.9 Å². The van der Waals surface area contributed by atoms with E-state index in [4.69, 9.17) is 10.2 Å². The van der Waals surface area contributed by atoms with Crippen LogP contribution in [0.3, 0.4) is 0 Å². The number of benzene rings is 1. The van der Waals surface area contributed by atoms with Crippen molar-refractivity contribution in [1.82, 2.24) is 4.90 Å². The van der Waals surface area contributed by atoms with Gasteiger partial charge >= 0.3 is 0 Å². The lowest BCUT2D eigenvalue weighted by atomic mass is 10.0. The topological polar surface area (TPSA) is 59.5 Å². The molecule has 2 N–H and O–H groups in total. The third kappa shape index (κ3) is 3.33. The molecule has 0 bridgehead atoms. The van der Waals surface area contributed by atoms with Gasteiger partial charge in [-0.2, -0.15) is 0 Å². The van der Waals surface area contributed by atoms with Gasteiger partial charge in [-0.1, -0.05) is 32.0 Å². The van der Waals surface area contributed by atoms with E-state index in [1.54, 1.807) is 0 Å². The van der Waals surface area contributed by atoms with Crippen molar-refractivity contribution < 1.29 is 9.21 Å². The summed E-state index contributed by atoms with van der Waals surface area (Å²) in [6.45, 7) is 8.55. The molecule has 1 aromatic heterocycles. The molecule has 0 saturated carbocycles. The highest BCUT2D eigenvalue weighted by Gasteiger charge is 2.28. The van der Waals surface area contributed by atoms with Crippen molar-refractivity contribution in [2.75, 3.05) is 6.54 Å². The Morgan fingerprint density at radius 3 is 2.55 bits per heavy atom. The SMILES string of the molecule is CCCN(C(=O)C(C)C(C)N)C(C)c1cc2ccccc2o1. The molecule has 120 valence electrons. The molecule has 1 heterocycles. The molecular formula is C18H26N2O2. The minimum Gasteiger partial charge on any atom is -0.459 e. The molecule has 0 fully saturated rings. The molecular weight excluding hydrogens is 276 g/mol. The van der Waals surface area contributed by atoms with E-state index in [2.05, 4.69) is 6.92 Å². The van der Waals surface area contributed by atoms with E-state index in [1.165, 1.54) is 0 Å². The van der Waals surface area contributed by atoms with Crippen LogP contribution in [0.15, 0.2) is 34.7 Å². The van der Waals surface area contributed by atoms with Gasteiger partial charge in [0.1, 0.15) is 11.3 Å². The smallest absolute Gasteiger partial charge is 0.227 e. The Bertz CT molecular complexity index is 600. The van der Waals surface area contributed by atoms with E-state index in [1.807, 2.05) is 56.0 Å². The molecule has 2 aromatic rings. The first-order valence-electron chi connectivity index (χ1n) is 8.00. The molecule has 4 nitrogen and oxygen atoms in total. The fourth-order valence-corrected chi connectivity index (χ4v) is 2.58. The van der Waals surface area contributed by atoms with Crippen molar-refractivity contribution in [3.05, 3.63) is 36.1 Å². The number of carbonyl (C=O) groups excluding carboxylic acids is 1. The van der Waals surface area contributed by atoms with Crippen molar-refractivity contribution in [3.8, 4) is 0 Å². The van der Waals surface area contributed by atoms with Gasteiger partial charge in [0, 0.05) is 18.0 Å². The maximum Gasteiger partial charge on any atom is 0.227 e. The molecule has 0 aliphatic carbocycles. The third-order valence-corrected chi connectivity index (χ3v) is 4.25. The number of para-hydroxylation sites is 1. The highest BCUT2D eigenvalue weighted by molar-refractivity contribution is 5.80. The van der Waals surface area contributed by atoms with Crippen LogP contribution in [0.2, 0.25) is 0 Å². The first kappa shape index (κ1) is 16.6. The molecule has 0 aliphatic heterocycles. The van der Waals surface area contributed by atoms with Gasteiger partial charge in [0.05, 0.1) is 12.0 Å². The molecule has 4 heteroatoms. The summed E-state index contributed by atoms with van der Waals surface area (Å²) in [5.74, 6) is 0.711. The average molecular weight is 302 g/mol. The maximum absolute atomic E-state index is 12.7. The van der Waals surface area contributed by atoms with E-state index < -0.39 is 0 Å². The van der Waals surface area contributed by atoms with Gasteiger partial charge in [0.15, 0.2) is 0 Å². The number of nitrogens with two attached hydrogens (primary N) is 1. The number of nitrogens with zero attached hydrogens (tertiary/aromatic N) is 1. The lowest BCUT2D eigenvalue weighted by molar-refractivity contribution is -0.138. The summed E-state index contributed by atoms with van der Waals surface area (Å²) in [5.41, 5.74) is 6.76. The number of fused-ring (bicyclic) bond motifs is 1. The Kier molecular flexibility index (Phi) is 5.24. The molecule has 2 rings (SSSR count). The summed E-state index contributed by atoms with van der Waals surface area (Å²) in [6, 6.07) is 9.67. The van der Waals surface area contributed by atoms with Crippen LogP contribution in [-0.4, -0.2) is 23.4 Å². The summed E-state index contributed by atoms with van der Waals surface area (Å²) in [5, 5.41) is 1.06. The van der Waals surface area contributed by atoms with Crippen LogP contribution in [0.5, 0.6) is 0 Å². The van der Waals surface area contributed by atoms with Gasteiger partial charge in [-0.05, 0) is 32.4 Å². The van der Waals surface area contributed by atoms with Crippen molar-refractivity contribution >= 4 is 16.9 Å². The van der Waals surface area contributed by atoms with Gasteiger partial charge in [0.2, 0.25) is 5.91 Å². The zero-order valence-electron chi connectivity index (χ0n) is 13.9. The second kappa shape index (κ2) is 6.97. The van der Waals surface area contributed by atoms with Gasteiger partial charge in [-0.25, -0.2) is 0 Å². The minimum atomic E-state index is -0.196. The molecule has 3 atom stereocenters. The number of rotatable bonds is 6. The van der Waals surface area contributed by atoms with Gasteiger partial charge < -0.3 is 15.1 Å². The van der Waals surface area contributed by atoms with Crippen LogP contribution in [0.1, 0.15) is 45.9 Å². The second-order valence-electron chi connectivity index (χ2n) is 6.04. The number of amides is 1. The third-order valence-electron chi connectivity index (χ3n) is 4.25. The molecule has 3 unspecified atom stereocenters. The van der Waals surface area contributed by atoms with Crippen LogP contribution in [0, 0.1) is 5.92 Å². The predicted molar refractivity (Wildman–Crippen MR) is 89.4 cm³/mol. The number of carbonyl (C=O) groups is 1. The molecule has 1 aromatic carbocycles. The highest BCUT2D eigenvalue weighted by Crippen LogP contribution is 2.28. The molecule has 0 spiro atoms. The van der Waals surface area contributed by atoms with Gasteiger partial charge in [-0.3, -0.25) is 4.79 Å². The lowest BCUT2D eigenvalue weighted by Gasteiger charge is -2.31. The predicted octanol–water partition coefficient (Wildman–Crippen LogP) is 3.72. The number of furan rings is 1. The summed E-state index contributed by atoms with van der Waals surface area (Å²) in [4.78, 5) is 14.6. The monoisotopic (exact) mass is 302 g/mol. The largest absolute Gasteiger partial charge is 0.459 e. The van der Waals surface area contributed by atoms with E-state index in [0.717, 1.165) is 23.2 Å². The Hall–Kier alpha value is -1.81. The summed E-state index contributed by atoms with van der Waals surface area (Å²) in [6.07, 6.45) is 0.905. The standard InChI is InChI=1S/C18H26N2O2/c1-5-10-20(18(21)12(2)13(3)19)14(4)17-11-15-8-6-7-9-16(15)22-17/h6-9,11-14H,5,10,19H2,1-4H3. The lowest BCUT2D eigenvalue weighted by Crippen LogP contribution is -2.43. The molecule has 0 saturated heterocycles. The van der Waals surface area contributed by atoms with Crippen molar-refractivity contribution in [2.45, 2.75) is 46.2 Å². The average Bonchev–Trinajstić information content (AvgIpc) is 2.94. The normalized spacial score (nSPS) is 15.5. The van der Waals surface area contributed by atoms with E-state index in [9.17, 15) is 4.79 Å².